The van der Waals surface area contributed by atoms with E-state index >= 15 is 0 Å². The Kier molecular flexibility index (Phi) is 7.81. The normalized spacial score (nSPS) is 11.3. The highest BCUT2D eigenvalue weighted by atomic mass is 15.0. The van der Waals surface area contributed by atoms with Crippen LogP contribution in [0.2, 0.25) is 0 Å². The lowest BCUT2D eigenvalue weighted by Gasteiger charge is -2.13. The summed E-state index contributed by atoms with van der Waals surface area (Å²) in [4.78, 5) is 15.3. The molecule has 252 valence electrons. The predicted octanol–water partition coefficient (Wildman–Crippen LogP) is 13.3. The fraction of sp³-hybridized carbons (Fsp3) is 0. The van der Waals surface area contributed by atoms with Gasteiger partial charge in [-0.25, -0.2) is 15.0 Å². The first kappa shape index (κ1) is 31.5. The van der Waals surface area contributed by atoms with E-state index in [9.17, 15) is 0 Å². The van der Waals surface area contributed by atoms with Crippen molar-refractivity contribution in [1.29, 1.82) is 0 Å². The van der Waals surface area contributed by atoms with Crippen LogP contribution in [0.15, 0.2) is 200 Å². The van der Waals surface area contributed by atoms with E-state index in [-0.39, 0.29) is 0 Å². The molecule has 0 spiro atoms. The molecule has 0 N–H and O–H groups in total. The Hall–Kier alpha value is -7.23. The van der Waals surface area contributed by atoms with Crippen LogP contribution in [-0.4, -0.2) is 15.0 Å². The molecule has 0 saturated carbocycles. The molecular weight excluding hydrogens is 655 g/mol. The number of hydrogen-bond donors (Lipinski definition) is 0. The second kappa shape index (κ2) is 13.4. The van der Waals surface area contributed by atoms with Crippen LogP contribution in [0.4, 0.5) is 0 Å². The molecule has 0 atom stereocenters. The van der Waals surface area contributed by atoms with E-state index in [0.29, 0.717) is 17.5 Å². The fourth-order valence-electron chi connectivity index (χ4n) is 7.55. The van der Waals surface area contributed by atoms with Gasteiger partial charge in [-0.3, -0.25) is 0 Å². The average molecular weight is 688 g/mol. The monoisotopic (exact) mass is 687 g/mol. The molecule has 10 rings (SSSR count). The topological polar surface area (TPSA) is 38.7 Å². The molecule has 0 radical (unpaired) electrons. The van der Waals surface area contributed by atoms with Gasteiger partial charge >= 0.3 is 0 Å². The first-order chi connectivity index (χ1) is 26.7. The van der Waals surface area contributed by atoms with Crippen molar-refractivity contribution in [3.8, 4) is 67.5 Å². The van der Waals surface area contributed by atoms with Crippen molar-refractivity contribution in [3.63, 3.8) is 0 Å². The van der Waals surface area contributed by atoms with Crippen molar-refractivity contribution in [2.75, 3.05) is 0 Å². The number of rotatable bonds is 6. The van der Waals surface area contributed by atoms with Crippen LogP contribution < -0.4 is 0 Å². The third-order valence-corrected chi connectivity index (χ3v) is 10.3. The number of aromatic nitrogens is 3. The zero-order chi connectivity index (χ0) is 35.8. The van der Waals surface area contributed by atoms with Gasteiger partial charge in [-0.15, -0.1) is 0 Å². The highest BCUT2D eigenvalue weighted by Crippen LogP contribution is 2.36. The van der Waals surface area contributed by atoms with Gasteiger partial charge in [-0.2, -0.15) is 0 Å². The molecule has 1 heterocycles. The summed E-state index contributed by atoms with van der Waals surface area (Å²) in [5, 5.41) is 7.13. The smallest absolute Gasteiger partial charge is 0.164 e. The molecule has 1 aromatic heterocycles. The van der Waals surface area contributed by atoms with E-state index in [1.807, 2.05) is 18.2 Å². The molecule has 0 fully saturated rings. The van der Waals surface area contributed by atoms with E-state index in [2.05, 4.69) is 182 Å². The number of fused-ring (bicyclic) bond motifs is 3. The summed E-state index contributed by atoms with van der Waals surface area (Å²) in [6, 6.07) is 70.7. The summed E-state index contributed by atoms with van der Waals surface area (Å²) in [6.45, 7) is 0. The molecular formula is C51H33N3. The van der Waals surface area contributed by atoms with Gasteiger partial charge in [0.15, 0.2) is 17.5 Å². The summed E-state index contributed by atoms with van der Waals surface area (Å²) in [5.41, 5.74) is 9.96. The van der Waals surface area contributed by atoms with Crippen LogP contribution in [-0.2, 0) is 0 Å². The predicted molar refractivity (Wildman–Crippen MR) is 225 cm³/mol. The molecule has 0 bridgehead atoms. The number of nitrogens with zero attached hydrogens (tertiary/aromatic N) is 3. The Morgan fingerprint density at radius 2 is 0.704 bits per heavy atom. The third-order valence-electron chi connectivity index (χ3n) is 10.3. The van der Waals surface area contributed by atoms with Gasteiger partial charge in [0.05, 0.1) is 0 Å². The second-order valence-corrected chi connectivity index (χ2v) is 13.7. The Bertz CT molecular complexity index is 2980. The van der Waals surface area contributed by atoms with Crippen LogP contribution >= 0.6 is 0 Å². The Labute approximate surface area is 313 Å². The van der Waals surface area contributed by atoms with Crippen molar-refractivity contribution in [2.24, 2.45) is 0 Å². The van der Waals surface area contributed by atoms with Gasteiger partial charge in [-0.05, 0) is 96.0 Å². The van der Waals surface area contributed by atoms with E-state index in [4.69, 9.17) is 15.0 Å². The van der Waals surface area contributed by atoms with Crippen LogP contribution in [0.3, 0.4) is 0 Å². The fourth-order valence-corrected chi connectivity index (χ4v) is 7.55. The Morgan fingerprint density at radius 1 is 0.222 bits per heavy atom. The van der Waals surface area contributed by atoms with E-state index in [1.165, 1.54) is 38.4 Å². The molecule has 54 heavy (non-hydrogen) atoms. The molecule has 0 unspecified atom stereocenters. The van der Waals surface area contributed by atoms with E-state index in [0.717, 1.165) is 44.0 Å². The summed E-state index contributed by atoms with van der Waals surface area (Å²) in [7, 11) is 0. The van der Waals surface area contributed by atoms with Gasteiger partial charge in [-0.1, -0.05) is 170 Å². The number of hydrogen-bond acceptors (Lipinski definition) is 3. The maximum absolute atomic E-state index is 5.15. The molecule has 0 aliphatic rings. The van der Waals surface area contributed by atoms with Gasteiger partial charge in [0.25, 0.3) is 0 Å². The zero-order valence-electron chi connectivity index (χ0n) is 29.4. The minimum absolute atomic E-state index is 0.641. The second-order valence-electron chi connectivity index (χ2n) is 13.7. The standard InChI is InChI=1S/C51H33N3/c1-3-13-35(14-4-1)48-33-44(32-41-18-8-10-23-47(41)48)51-53-49(36-16-5-2-6-17-36)52-50(54-51)43-28-27-39-29-38(25-26-40(39)31-43)37-20-11-21-42(30-37)46-24-12-19-34-15-7-9-22-45(34)46/h1-33H. The molecule has 9 aromatic carbocycles. The quantitative estimate of drug-likeness (QED) is 0.175. The molecule has 0 aliphatic heterocycles. The van der Waals surface area contributed by atoms with Crippen LogP contribution in [0.25, 0.3) is 99.9 Å². The van der Waals surface area contributed by atoms with Gasteiger partial charge in [0.1, 0.15) is 0 Å². The molecule has 3 nitrogen and oxygen atoms in total. The van der Waals surface area contributed by atoms with Gasteiger partial charge in [0.2, 0.25) is 0 Å². The van der Waals surface area contributed by atoms with Crippen molar-refractivity contribution >= 4 is 32.3 Å². The average Bonchev–Trinajstić information content (AvgIpc) is 3.26. The SMILES string of the molecule is c1ccc(-c2nc(-c3ccc4cc(-c5cccc(-c6cccc7ccccc67)c5)ccc4c3)nc(-c3cc(-c4ccccc4)c4ccccc4c3)n2)cc1. The van der Waals surface area contributed by atoms with E-state index in [1.54, 1.807) is 0 Å². The molecule has 0 saturated heterocycles. The molecule has 10 aromatic rings. The zero-order valence-corrected chi connectivity index (χ0v) is 29.4. The first-order valence-electron chi connectivity index (χ1n) is 18.3. The lowest BCUT2D eigenvalue weighted by atomic mass is 9.94. The van der Waals surface area contributed by atoms with E-state index < -0.39 is 0 Å². The lowest BCUT2D eigenvalue weighted by molar-refractivity contribution is 1.08. The molecule has 0 aliphatic carbocycles. The highest BCUT2D eigenvalue weighted by molar-refractivity contribution is 6.00. The van der Waals surface area contributed by atoms with Crippen molar-refractivity contribution in [2.45, 2.75) is 0 Å². The summed E-state index contributed by atoms with van der Waals surface area (Å²) in [6.07, 6.45) is 0. The van der Waals surface area contributed by atoms with Gasteiger partial charge in [0, 0.05) is 16.7 Å². The largest absolute Gasteiger partial charge is 0.208 e. The minimum Gasteiger partial charge on any atom is -0.208 e. The minimum atomic E-state index is 0.641. The summed E-state index contributed by atoms with van der Waals surface area (Å²) >= 11 is 0. The summed E-state index contributed by atoms with van der Waals surface area (Å²) < 4.78 is 0. The summed E-state index contributed by atoms with van der Waals surface area (Å²) in [5.74, 6) is 1.93. The number of benzene rings is 9. The van der Waals surface area contributed by atoms with Crippen LogP contribution in [0.1, 0.15) is 0 Å². The van der Waals surface area contributed by atoms with Crippen LogP contribution in [0, 0.1) is 0 Å². The molecule has 0 amide bonds. The third kappa shape index (κ3) is 5.88. The first-order valence-corrected chi connectivity index (χ1v) is 18.3. The van der Waals surface area contributed by atoms with Crippen molar-refractivity contribution < 1.29 is 0 Å². The molecule has 3 heteroatoms. The van der Waals surface area contributed by atoms with Crippen molar-refractivity contribution in [1.82, 2.24) is 15.0 Å². The lowest BCUT2D eigenvalue weighted by Crippen LogP contribution is -2.00. The highest BCUT2D eigenvalue weighted by Gasteiger charge is 2.16. The maximum atomic E-state index is 5.15. The van der Waals surface area contributed by atoms with Gasteiger partial charge < -0.3 is 0 Å². The van der Waals surface area contributed by atoms with Crippen LogP contribution in [0.5, 0.6) is 0 Å². The maximum Gasteiger partial charge on any atom is 0.164 e. The van der Waals surface area contributed by atoms with Crippen molar-refractivity contribution in [3.05, 3.63) is 200 Å². The Balaban J connectivity index is 1.06. The Morgan fingerprint density at radius 3 is 1.46 bits per heavy atom.